The van der Waals surface area contributed by atoms with Crippen LogP contribution in [0.2, 0.25) is 0 Å². The van der Waals surface area contributed by atoms with E-state index in [1.165, 1.54) is 18.9 Å². The van der Waals surface area contributed by atoms with Gasteiger partial charge in [0.2, 0.25) is 0 Å². The summed E-state index contributed by atoms with van der Waals surface area (Å²) in [4.78, 5) is 25.0. The van der Waals surface area contributed by atoms with Crippen LogP contribution in [0.5, 0.6) is 0 Å². The topological polar surface area (TPSA) is 91.2 Å². The van der Waals surface area contributed by atoms with Crippen LogP contribution in [-0.4, -0.2) is 24.7 Å². The number of thioether (sulfide) groups is 1. The second-order valence-electron chi connectivity index (χ2n) is 7.00. The molecule has 0 saturated carbocycles. The summed E-state index contributed by atoms with van der Waals surface area (Å²) in [6.45, 7) is 3.72. The van der Waals surface area contributed by atoms with Gasteiger partial charge in [-0.05, 0) is 31.0 Å². The van der Waals surface area contributed by atoms with Gasteiger partial charge in [0.15, 0.2) is 0 Å². The van der Waals surface area contributed by atoms with Crippen LogP contribution in [0.1, 0.15) is 24.0 Å². The Morgan fingerprint density at radius 2 is 1.81 bits per heavy atom. The molecule has 0 radical (unpaired) electrons. The number of nitriles is 1. The molecule has 7 heteroatoms. The largest absolute Gasteiger partial charge is 0.468 e. The van der Waals surface area contributed by atoms with Crippen LogP contribution in [-0.2, 0) is 14.3 Å². The van der Waals surface area contributed by atoms with Crippen LogP contribution in [0.25, 0.3) is 0 Å². The van der Waals surface area contributed by atoms with E-state index in [9.17, 15) is 14.9 Å². The number of para-hydroxylation sites is 1. The SMILES string of the molecule is COC(=O)CSC1=C(C#N)C(c2ccccc2)C(C(=O)Nc2ccccc2C)=C(C)N1. The highest BCUT2D eigenvalue weighted by Gasteiger charge is 2.34. The van der Waals surface area contributed by atoms with Gasteiger partial charge in [-0.3, -0.25) is 9.59 Å². The van der Waals surface area contributed by atoms with Crippen molar-refractivity contribution in [2.75, 3.05) is 18.2 Å². The minimum atomic E-state index is -0.559. The molecule has 2 N–H and O–H groups in total. The Bertz CT molecular complexity index is 1100. The fourth-order valence-electron chi connectivity index (χ4n) is 3.40. The molecule has 31 heavy (non-hydrogen) atoms. The number of dihydropyridines is 1. The van der Waals surface area contributed by atoms with Gasteiger partial charge >= 0.3 is 5.97 Å². The Morgan fingerprint density at radius 3 is 2.45 bits per heavy atom. The predicted octanol–water partition coefficient (Wildman–Crippen LogP) is 4.24. The Morgan fingerprint density at radius 1 is 1.13 bits per heavy atom. The average molecular weight is 434 g/mol. The minimum Gasteiger partial charge on any atom is -0.468 e. The van der Waals surface area contributed by atoms with E-state index in [0.717, 1.165) is 11.1 Å². The number of carbonyl (C=O) groups is 2. The summed E-state index contributed by atoms with van der Waals surface area (Å²) in [5.41, 5.74) is 3.97. The lowest BCUT2D eigenvalue weighted by atomic mass is 9.82. The summed E-state index contributed by atoms with van der Waals surface area (Å²) in [6.07, 6.45) is 0. The molecule has 0 aliphatic carbocycles. The molecule has 1 aliphatic rings. The van der Waals surface area contributed by atoms with Gasteiger partial charge in [-0.25, -0.2) is 0 Å². The number of allylic oxidation sites excluding steroid dienone is 2. The van der Waals surface area contributed by atoms with Crippen molar-refractivity contribution in [1.29, 1.82) is 5.26 Å². The van der Waals surface area contributed by atoms with E-state index in [2.05, 4.69) is 16.7 Å². The third kappa shape index (κ3) is 4.98. The zero-order valence-corrected chi connectivity index (χ0v) is 18.4. The molecule has 3 rings (SSSR count). The average Bonchev–Trinajstić information content (AvgIpc) is 2.78. The molecule has 0 saturated heterocycles. The first-order valence-corrected chi connectivity index (χ1v) is 10.7. The minimum absolute atomic E-state index is 0.0591. The van der Waals surface area contributed by atoms with E-state index < -0.39 is 11.9 Å². The van der Waals surface area contributed by atoms with Crippen LogP contribution in [0.15, 0.2) is 76.5 Å². The molecule has 1 amide bonds. The first-order valence-electron chi connectivity index (χ1n) is 9.69. The van der Waals surface area contributed by atoms with E-state index in [1.54, 1.807) is 6.92 Å². The Balaban J connectivity index is 2.03. The molecule has 0 aromatic heterocycles. The highest BCUT2D eigenvalue weighted by Crippen LogP contribution is 2.41. The molecular weight excluding hydrogens is 410 g/mol. The molecule has 0 fully saturated rings. The molecule has 2 aromatic rings. The second kappa shape index (κ2) is 10.0. The number of aryl methyl sites for hydroxylation is 1. The smallest absolute Gasteiger partial charge is 0.316 e. The Hall–Kier alpha value is -3.50. The third-order valence-corrected chi connectivity index (χ3v) is 5.97. The molecule has 1 heterocycles. The first kappa shape index (κ1) is 22.2. The van der Waals surface area contributed by atoms with Gasteiger partial charge in [0, 0.05) is 17.0 Å². The van der Waals surface area contributed by atoms with Crippen LogP contribution in [0.4, 0.5) is 5.69 Å². The number of ether oxygens (including phenoxy) is 1. The maximum atomic E-state index is 13.4. The highest BCUT2D eigenvalue weighted by molar-refractivity contribution is 8.03. The van der Waals surface area contributed by atoms with Crippen LogP contribution >= 0.6 is 11.8 Å². The molecule has 1 atom stereocenters. The monoisotopic (exact) mass is 433 g/mol. The molecule has 1 aliphatic heterocycles. The predicted molar refractivity (Wildman–Crippen MR) is 122 cm³/mol. The number of anilines is 1. The molecular formula is C24H23N3O3S. The third-order valence-electron chi connectivity index (χ3n) is 4.98. The van der Waals surface area contributed by atoms with Crippen molar-refractivity contribution < 1.29 is 14.3 Å². The lowest BCUT2D eigenvalue weighted by Crippen LogP contribution is -2.31. The van der Waals surface area contributed by atoms with Crippen molar-refractivity contribution in [3.05, 3.63) is 87.6 Å². The summed E-state index contributed by atoms with van der Waals surface area (Å²) < 4.78 is 4.72. The number of benzene rings is 2. The lowest BCUT2D eigenvalue weighted by molar-refractivity contribution is -0.137. The second-order valence-corrected chi connectivity index (χ2v) is 7.98. The maximum absolute atomic E-state index is 13.4. The van der Waals surface area contributed by atoms with Crippen molar-refractivity contribution >= 4 is 29.3 Å². The number of carbonyl (C=O) groups excluding carboxylic acids is 2. The number of nitrogens with one attached hydrogen (secondary N) is 2. The van der Waals surface area contributed by atoms with Gasteiger partial charge in [-0.15, -0.1) is 0 Å². The zero-order valence-electron chi connectivity index (χ0n) is 17.6. The molecule has 2 aromatic carbocycles. The first-order chi connectivity index (χ1) is 15.0. The van der Waals surface area contributed by atoms with E-state index in [1.807, 2.05) is 61.5 Å². The standard InChI is InChI=1S/C24H23N3O3S/c1-15-9-7-8-12-19(15)27-23(29)21-16(2)26-24(31-14-20(28)30-3)18(13-25)22(21)17-10-5-4-6-11-17/h4-12,22,26H,14H2,1-3H3,(H,27,29). The van der Waals surface area contributed by atoms with E-state index in [-0.39, 0.29) is 11.7 Å². The molecule has 158 valence electrons. The quantitative estimate of drug-likeness (QED) is 0.663. The summed E-state index contributed by atoms with van der Waals surface area (Å²) in [5, 5.41) is 16.7. The van der Waals surface area contributed by atoms with Gasteiger partial charge in [-0.2, -0.15) is 5.26 Å². The highest BCUT2D eigenvalue weighted by atomic mass is 32.2. The van der Waals surface area contributed by atoms with Crippen molar-refractivity contribution in [3.63, 3.8) is 0 Å². The molecule has 1 unspecified atom stereocenters. The van der Waals surface area contributed by atoms with Gasteiger partial charge in [-0.1, -0.05) is 60.3 Å². The van der Waals surface area contributed by atoms with Crippen LogP contribution in [0.3, 0.4) is 0 Å². The number of rotatable bonds is 6. The number of hydrogen-bond donors (Lipinski definition) is 2. The van der Waals surface area contributed by atoms with Gasteiger partial charge in [0.1, 0.15) is 0 Å². The number of amides is 1. The van der Waals surface area contributed by atoms with E-state index in [0.29, 0.717) is 27.6 Å². The fourth-order valence-corrected chi connectivity index (χ4v) is 4.32. The van der Waals surface area contributed by atoms with Crippen LogP contribution in [0, 0.1) is 18.3 Å². The fraction of sp³-hybridized carbons (Fsp3) is 0.208. The Labute approximate surface area is 186 Å². The number of hydrogen-bond acceptors (Lipinski definition) is 6. The lowest BCUT2D eigenvalue weighted by Gasteiger charge is -2.30. The van der Waals surface area contributed by atoms with E-state index in [4.69, 9.17) is 4.74 Å². The van der Waals surface area contributed by atoms with Crippen molar-refractivity contribution in [3.8, 4) is 6.07 Å². The Kier molecular flexibility index (Phi) is 7.16. The van der Waals surface area contributed by atoms with Crippen molar-refractivity contribution in [1.82, 2.24) is 5.32 Å². The van der Waals surface area contributed by atoms with E-state index >= 15 is 0 Å². The normalized spacial score (nSPS) is 15.7. The van der Waals surface area contributed by atoms with Crippen molar-refractivity contribution in [2.45, 2.75) is 19.8 Å². The summed E-state index contributed by atoms with van der Waals surface area (Å²) in [6, 6.07) is 19.2. The number of methoxy groups -OCH3 is 1. The van der Waals surface area contributed by atoms with Crippen LogP contribution < -0.4 is 10.6 Å². The van der Waals surface area contributed by atoms with Gasteiger partial charge in [0.05, 0.1) is 35.5 Å². The summed E-state index contributed by atoms with van der Waals surface area (Å²) in [5.74, 6) is -1.17. The molecule has 0 spiro atoms. The maximum Gasteiger partial charge on any atom is 0.316 e. The summed E-state index contributed by atoms with van der Waals surface area (Å²) >= 11 is 1.19. The molecule has 0 bridgehead atoms. The zero-order chi connectivity index (χ0) is 22.4. The number of nitrogens with zero attached hydrogens (tertiary/aromatic N) is 1. The molecule has 6 nitrogen and oxygen atoms in total. The van der Waals surface area contributed by atoms with Gasteiger partial charge < -0.3 is 15.4 Å². The van der Waals surface area contributed by atoms with Crippen molar-refractivity contribution in [2.24, 2.45) is 0 Å². The number of esters is 1. The van der Waals surface area contributed by atoms with Gasteiger partial charge in [0.25, 0.3) is 5.91 Å². The summed E-state index contributed by atoms with van der Waals surface area (Å²) in [7, 11) is 1.32.